The Morgan fingerprint density at radius 2 is 2.26 bits per heavy atom. The third kappa shape index (κ3) is 6.49. The zero-order valence-electron chi connectivity index (χ0n) is 13.8. The molecule has 0 saturated carbocycles. The van der Waals surface area contributed by atoms with Gasteiger partial charge in [0.15, 0.2) is 5.82 Å². The van der Waals surface area contributed by atoms with Crippen LogP contribution < -0.4 is 10.2 Å². The van der Waals surface area contributed by atoms with Crippen LogP contribution in [0.4, 0.5) is 5.82 Å². The summed E-state index contributed by atoms with van der Waals surface area (Å²) in [5, 5.41) is 11.2. The number of halogens is 2. The minimum absolute atomic E-state index is 0. The molecule has 1 aromatic rings. The predicted octanol–water partition coefficient (Wildman–Crippen LogP) is 1.75. The van der Waals surface area contributed by atoms with E-state index in [9.17, 15) is 4.79 Å². The third-order valence-corrected chi connectivity index (χ3v) is 4.04. The second-order valence-corrected chi connectivity index (χ2v) is 5.54. The standard InChI is InChI=1S/C15H25N5O.2ClH/c1-16-9-4-8-15(21)19(2)13-6-5-11-20(12-13)14-7-3-10-17-18-14;;/h3,7,10,13,16H,4-6,8-9,11-12H2,1-2H3;2*1H. The Balaban J connectivity index is 0.00000242. The molecule has 8 heteroatoms. The van der Waals surface area contributed by atoms with E-state index in [1.54, 1.807) is 6.20 Å². The molecule has 2 heterocycles. The number of likely N-dealkylation sites (N-methyl/N-ethyl adjacent to an activating group) is 1. The van der Waals surface area contributed by atoms with Gasteiger partial charge in [0.2, 0.25) is 5.91 Å². The minimum atomic E-state index is 0. The molecule has 0 bridgehead atoms. The number of amides is 1. The molecule has 1 fully saturated rings. The van der Waals surface area contributed by atoms with Crippen molar-refractivity contribution in [3.05, 3.63) is 18.3 Å². The summed E-state index contributed by atoms with van der Waals surface area (Å²) >= 11 is 0. The third-order valence-electron chi connectivity index (χ3n) is 4.04. The van der Waals surface area contributed by atoms with Gasteiger partial charge in [-0.15, -0.1) is 29.9 Å². The first-order chi connectivity index (χ1) is 10.2. The molecule has 0 aliphatic carbocycles. The largest absolute Gasteiger partial charge is 0.353 e. The van der Waals surface area contributed by atoms with Crippen LogP contribution in [0.2, 0.25) is 0 Å². The van der Waals surface area contributed by atoms with E-state index in [2.05, 4.69) is 20.4 Å². The van der Waals surface area contributed by atoms with Crippen LogP contribution in [-0.4, -0.2) is 60.8 Å². The minimum Gasteiger partial charge on any atom is -0.353 e. The highest BCUT2D eigenvalue weighted by atomic mass is 35.5. The van der Waals surface area contributed by atoms with Crippen molar-refractivity contribution in [3.63, 3.8) is 0 Å². The van der Waals surface area contributed by atoms with Crippen LogP contribution in [-0.2, 0) is 4.79 Å². The highest BCUT2D eigenvalue weighted by Crippen LogP contribution is 2.20. The Morgan fingerprint density at radius 1 is 1.48 bits per heavy atom. The van der Waals surface area contributed by atoms with Gasteiger partial charge >= 0.3 is 0 Å². The highest BCUT2D eigenvalue weighted by molar-refractivity contribution is 5.85. The molecular weight excluding hydrogens is 337 g/mol. The summed E-state index contributed by atoms with van der Waals surface area (Å²) in [4.78, 5) is 16.3. The number of anilines is 1. The zero-order valence-corrected chi connectivity index (χ0v) is 15.4. The lowest BCUT2D eigenvalue weighted by molar-refractivity contribution is -0.132. The first-order valence-corrected chi connectivity index (χ1v) is 7.65. The van der Waals surface area contributed by atoms with E-state index >= 15 is 0 Å². The number of rotatable bonds is 6. The molecule has 0 aromatic carbocycles. The fourth-order valence-electron chi connectivity index (χ4n) is 2.74. The average Bonchev–Trinajstić information content (AvgIpc) is 2.55. The maximum absolute atomic E-state index is 12.2. The second kappa shape index (κ2) is 11.4. The molecule has 23 heavy (non-hydrogen) atoms. The topological polar surface area (TPSA) is 61.4 Å². The molecule has 0 spiro atoms. The van der Waals surface area contributed by atoms with Crippen LogP contribution in [0.15, 0.2) is 18.3 Å². The van der Waals surface area contributed by atoms with Gasteiger partial charge in [-0.1, -0.05) is 0 Å². The number of carbonyl (C=O) groups excluding carboxylic acids is 1. The normalized spacial score (nSPS) is 17.0. The number of piperidine rings is 1. The van der Waals surface area contributed by atoms with Crippen LogP contribution in [0, 0.1) is 0 Å². The van der Waals surface area contributed by atoms with Gasteiger partial charge < -0.3 is 15.1 Å². The van der Waals surface area contributed by atoms with Crippen molar-refractivity contribution in [1.29, 1.82) is 0 Å². The summed E-state index contributed by atoms with van der Waals surface area (Å²) in [6.07, 6.45) is 5.32. The average molecular weight is 364 g/mol. The van der Waals surface area contributed by atoms with Crippen molar-refractivity contribution in [2.75, 3.05) is 38.6 Å². The summed E-state index contributed by atoms with van der Waals surface area (Å²) in [7, 11) is 3.83. The number of nitrogens with one attached hydrogen (secondary N) is 1. The van der Waals surface area contributed by atoms with Crippen molar-refractivity contribution >= 4 is 36.5 Å². The van der Waals surface area contributed by atoms with E-state index in [4.69, 9.17) is 0 Å². The van der Waals surface area contributed by atoms with Crippen molar-refractivity contribution in [3.8, 4) is 0 Å². The molecular formula is C15H27Cl2N5O. The van der Waals surface area contributed by atoms with E-state index in [-0.39, 0.29) is 36.8 Å². The monoisotopic (exact) mass is 363 g/mol. The van der Waals surface area contributed by atoms with Crippen molar-refractivity contribution < 1.29 is 4.79 Å². The summed E-state index contributed by atoms with van der Waals surface area (Å²) < 4.78 is 0. The van der Waals surface area contributed by atoms with Crippen LogP contribution in [0.1, 0.15) is 25.7 Å². The summed E-state index contributed by atoms with van der Waals surface area (Å²) in [5.41, 5.74) is 0. The SMILES string of the molecule is CNCCCC(=O)N(C)C1CCCN(c2cccnn2)C1.Cl.Cl. The van der Waals surface area contributed by atoms with Gasteiger partial charge in [0.25, 0.3) is 0 Å². The van der Waals surface area contributed by atoms with Crippen molar-refractivity contribution in [2.24, 2.45) is 0 Å². The van der Waals surface area contributed by atoms with Gasteiger partial charge in [-0.3, -0.25) is 4.79 Å². The smallest absolute Gasteiger partial charge is 0.222 e. The van der Waals surface area contributed by atoms with E-state index in [1.165, 1.54) is 0 Å². The Kier molecular flexibility index (Phi) is 10.9. The van der Waals surface area contributed by atoms with Crippen LogP contribution in [0.25, 0.3) is 0 Å². The fraction of sp³-hybridized carbons (Fsp3) is 0.667. The molecule has 1 aliphatic heterocycles. The summed E-state index contributed by atoms with van der Waals surface area (Å²) in [5.74, 6) is 1.13. The molecule has 132 valence electrons. The molecule has 1 aromatic heterocycles. The fourth-order valence-corrected chi connectivity index (χ4v) is 2.74. The molecule has 1 atom stereocenters. The van der Waals surface area contributed by atoms with Crippen LogP contribution in [0.5, 0.6) is 0 Å². The van der Waals surface area contributed by atoms with Crippen LogP contribution in [0.3, 0.4) is 0 Å². The molecule has 1 saturated heterocycles. The molecule has 0 radical (unpaired) electrons. The highest BCUT2D eigenvalue weighted by Gasteiger charge is 2.26. The van der Waals surface area contributed by atoms with E-state index < -0.39 is 0 Å². The molecule has 1 aliphatic rings. The Morgan fingerprint density at radius 3 is 2.91 bits per heavy atom. The predicted molar refractivity (Wildman–Crippen MR) is 97.7 cm³/mol. The Bertz CT molecular complexity index is 449. The number of nitrogens with zero attached hydrogens (tertiary/aromatic N) is 4. The lowest BCUT2D eigenvalue weighted by Gasteiger charge is -2.38. The van der Waals surface area contributed by atoms with E-state index in [0.29, 0.717) is 6.42 Å². The van der Waals surface area contributed by atoms with Crippen LogP contribution >= 0.6 is 24.8 Å². The lowest BCUT2D eigenvalue weighted by Crippen LogP contribution is -2.49. The van der Waals surface area contributed by atoms with Gasteiger partial charge in [0, 0.05) is 38.8 Å². The quantitative estimate of drug-likeness (QED) is 0.780. The van der Waals surface area contributed by atoms with Crippen molar-refractivity contribution in [2.45, 2.75) is 31.7 Å². The first-order valence-electron chi connectivity index (χ1n) is 7.65. The number of hydrogen-bond donors (Lipinski definition) is 1. The Hall–Kier alpha value is -1.11. The van der Waals surface area contributed by atoms with Gasteiger partial charge in [-0.2, -0.15) is 5.10 Å². The summed E-state index contributed by atoms with van der Waals surface area (Å²) in [6, 6.07) is 4.14. The second-order valence-electron chi connectivity index (χ2n) is 5.54. The molecule has 2 rings (SSSR count). The zero-order chi connectivity index (χ0) is 15.1. The van der Waals surface area contributed by atoms with Crippen molar-refractivity contribution in [1.82, 2.24) is 20.4 Å². The molecule has 1 N–H and O–H groups in total. The first kappa shape index (κ1) is 21.9. The van der Waals surface area contributed by atoms with E-state index in [1.807, 2.05) is 31.1 Å². The molecule has 1 amide bonds. The van der Waals surface area contributed by atoms with Gasteiger partial charge in [-0.25, -0.2) is 0 Å². The number of aromatic nitrogens is 2. The number of carbonyl (C=O) groups is 1. The molecule has 1 unspecified atom stereocenters. The van der Waals surface area contributed by atoms with Gasteiger partial charge in [0.1, 0.15) is 0 Å². The Labute approximate surface area is 150 Å². The maximum Gasteiger partial charge on any atom is 0.222 e. The lowest BCUT2D eigenvalue weighted by atomic mass is 10.0. The van der Waals surface area contributed by atoms with Gasteiger partial charge in [0.05, 0.1) is 0 Å². The summed E-state index contributed by atoms with van der Waals surface area (Å²) in [6.45, 7) is 2.71. The maximum atomic E-state index is 12.2. The number of hydrogen-bond acceptors (Lipinski definition) is 5. The molecule has 6 nitrogen and oxygen atoms in total. The van der Waals surface area contributed by atoms with E-state index in [0.717, 1.165) is 44.7 Å². The van der Waals surface area contributed by atoms with Gasteiger partial charge in [-0.05, 0) is 45.0 Å².